The van der Waals surface area contributed by atoms with Crippen LogP contribution in [0.2, 0.25) is 0 Å². The Bertz CT molecular complexity index is 367. The van der Waals surface area contributed by atoms with Gasteiger partial charge in [0.25, 0.3) is 0 Å². The van der Waals surface area contributed by atoms with E-state index in [1.165, 1.54) is 18.2 Å². The lowest BCUT2D eigenvalue weighted by Gasteiger charge is -2.12. The van der Waals surface area contributed by atoms with Crippen molar-refractivity contribution in [2.24, 2.45) is 0 Å². The average molecular weight is 269 g/mol. The van der Waals surface area contributed by atoms with Gasteiger partial charge in [-0.2, -0.15) is 22.0 Å². The van der Waals surface area contributed by atoms with E-state index < -0.39 is 19.2 Å². The first-order chi connectivity index (χ1) is 8.38. The monoisotopic (exact) mass is 269 g/mol. The Kier molecular flexibility index (Phi) is 5.33. The molecular formula is C11H12F5NO. The normalized spacial score (nSPS) is 11.9. The molecule has 0 fully saturated rings. The van der Waals surface area contributed by atoms with E-state index in [1.807, 2.05) is 0 Å². The number of ether oxygens (including phenoxy) is 1. The van der Waals surface area contributed by atoms with Crippen molar-refractivity contribution in [3.8, 4) is 5.75 Å². The van der Waals surface area contributed by atoms with E-state index in [9.17, 15) is 22.0 Å². The molecule has 1 N–H and O–H groups in total. The van der Waals surface area contributed by atoms with Crippen LogP contribution in [0, 0.1) is 0 Å². The summed E-state index contributed by atoms with van der Waals surface area (Å²) in [6.07, 6.45) is -5.20. The average Bonchev–Trinajstić information content (AvgIpc) is 2.24. The summed E-state index contributed by atoms with van der Waals surface area (Å²) in [4.78, 5) is 0. The molecule has 1 rings (SSSR count). The number of halogens is 5. The molecule has 0 saturated carbocycles. The molecule has 7 heteroatoms. The van der Waals surface area contributed by atoms with E-state index in [0.717, 1.165) is 0 Å². The number of hydrogen-bond donors (Lipinski definition) is 1. The summed E-state index contributed by atoms with van der Waals surface area (Å²) >= 11 is 0. The van der Waals surface area contributed by atoms with Crippen molar-refractivity contribution in [2.75, 3.05) is 6.54 Å². The van der Waals surface area contributed by atoms with E-state index in [1.54, 1.807) is 6.07 Å². The molecule has 18 heavy (non-hydrogen) atoms. The van der Waals surface area contributed by atoms with Crippen LogP contribution in [-0.4, -0.2) is 19.3 Å². The minimum atomic E-state index is -4.23. The molecule has 0 amide bonds. The maximum absolute atomic E-state index is 12.1. The molecule has 1 aromatic rings. The molecule has 0 aliphatic carbocycles. The SMILES string of the molecule is FC(F)Oc1ccccc1CNCCC(F)(F)F. The molecule has 0 saturated heterocycles. The molecule has 0 aliphatic heterocycles. The molecule has 0 spiro atoms. The molecule has 0 heterocycles. The minimum Gasteiger partial charge on any atom is -0.434 e. The van der Waals surface area contributed by atoms with Gasteiger partial charge in [0, 0.05) is 18.7 Å². The first kappa shape index (κ1) is 14.7. The van der Waals surface area contributed by atoms with Crippen molar-refractivity contribution < 1.29 is 26.7 Å². The number of nitrogens with one attached hydrogen (secondary N) is 1. The number of hydrogen-bond acceptors (Lipinski definition) is 2. The number of alkyl halides is 5. The zero-order valence-corrected chi connectivity index (χ0v) is 9.31. The van der Waals surface area contributed by atoms with E-state index in [4.69, 9.17) is 0 Å². The first-order valence-corrected chi connectivity index (χ1v) is 5.18. The van der Waals surface area contributed by atoms with Gasteiger partial charge in [-0.15, -0.1) is 0 Å². The van der Waals surface area contributed by atoms with E-state index >= 15 is 0 Å². The topological polar surface area (TPSA) is 21.3 Å². The van der Waals surface area contributed by atoms with Crippen LogP contribution >= 0.6 is 0 Å². The largest absolute Gasteiger partial charge is 0.434 e. The quantitative estimate of drug-likeness (QED) is 0.631. The molecule has 102 valence electrons. The van der Waals surface area contributed by atoms with Gasteiger partial charge in [0.2, 0.25) is 0 Å². The third kappa shape index (κ3) is 5.81. The third-order valence-corrected chi connectivity index (χ3v) is 2.09. The number of rotatable bonds is 6. The third-order valence-electron chi connectivity index (χ3n) is 2.09. The summed E-state index contributed by atoms with van der Waals surface area (Å²) in [7, 11) is 0. The first-order valence-electron chi connectivity index (χ1n) is 5.18. The Morgan fingerprint density at radius 3 is 2.44 bits per heavy atom. The smallest absolute Gasteiger partial charge is 0.390 e. The fourth-order valence-corrected chi connectivity index (χ4v) is 1.31. The van der Waals surface area contributed by atoms with Crippen molar-refractivity contribution in [2.45, 2.75) is 25.8 Å². The van der Waals surface area contributed by atoms with Crippen molar-refractivity contribution in [3.63, 3.8) is 0 Å². The Morgan fingerprint density at radius 2 is 1.83 bits per heavy atom. The van der Waals surface area contributed by atoms with Gasteiger partial charge < -0.3 is 10.1 Å². The summed E-state index contributed by atoms with van der Waals surface area (Å²) in [5.41, 5.74) is 0.389. The predicted octanol–water partition coefficient (Wildman–Crippen LogP) is 3.33. The van der Waals surface area contributed by atoms with Crippen LogP contribution in [0.3, 0.4) is 0 Å². The van der Waals surface area contributed by atoms with Crippen LogP contribution in [0.25, 0.3) is 0 Å². The zero-order valence-electron chi connectivity index (χ0n) is 9.31. The molecule has 2 nitrogen and oxygen atoms in total. The fourth-order valence-electron chi connectivity index (χ4n) is 1.31. The van der Waals surface area contributed by atoms with Gasteiger partial charge in [0.05, 0.1) is 6.42 Å². The van der Waals surface area contributed by atoms with Gasteiger partial charge in [-0.3, -0.25) is 0 Å². The minimum absolute atomic E-state index is 0.0352. The highest BCUT2D eigenvalue weighted by atomic mass is 19.4. The fraction of sp³-hybridized carbons (Fsp3) is 0.455. The number of para-hydroxylation sites is 1. The van der Waals surface area contributed by atoms with Crippen LogP contribution in [0.15, 0.2) is 24.3 Å². The molecule has 0 aromatic heterocycles. The van der Waals surface area contributed by atoms with Gasteiger partial charge in [0.15, 0.2) is 0 Å². The van der Waals surface area contributed by atoms with Crippen molar-refractivity contribution >= 4 is 0 Å². The molecule has 0 radical (unpaired) electrons. The van der Waals surface area contributed by atoms with Crippen molar-refractivity contribution in [3.05, 3.63) is 29.8 Å². The standard InChI is InChI=1S/C11H12F5NO/c12-10(13)18-9-4-2-1-3-8(9)7-17-6-5-11(14,15)16/h1-4,10,17H,5-7H2. The molecule has 0 aliphatic rings. The highest BCUT2D eigenvalue weighted by Crippen LogP contribution is 2.21. The second-order valence-corrected chi connectivity index (χ2v) is 3.53. The molecule has 0 atom stereocenters. The Morgan fingerprint density at radius 1 is 1.17 bits per heavy atom. The van der Waals surface area contributed by atoms with Crippen LogP contribution < -0.4 is 10.1 Å². The zero-order chi connectivity index (χ0) is 13.6. The number of benzene rings is 1. The summed E-state index contributed by atoms with van der Waals surface area (Å²) in [5.74, 6) is -0.0352. The van der Waals surface area contributed by atoms with Crippen LogP contribution in [-0.2, 0) is 6.54 Å². The lowest BCUT2D eigenvalue weighted by Crippen LogP contribution is -2.21. The van der Waals surface area contributed by atoms with Gasteiger partial charge >= 0.3 is 12.8 Å². The lowest BCUT2D eigenvalue weighted by atomic mass is 10.2. The van der Waals surface area contributed by atoms with Gasteiger partial charge in [-0.05, 0) is 6.07 Å². The van der Waals surface area contributed by atoms with E-state index in [0.29, 0.717) is 5.56 Å². The van der Waals surface area contributed by atoms with Crippen LogP contribution in [0.4, 0.5) is 22.0 Å². The predicted molar refractivity (Wildman–Crippen MR) is 55.5 cm³/mol. The summed E-state index contributed by atoms with van der Waals surface area (Å²) < 4.78 is 64.0. The second kappa shape index (κ2) is 6.53. The van der Waals surface area contributed by atoms with Crippen molar-refractivity contribution in [1.29, 1.82) is 0 Å². The van der Waals surface area contributed by atoms with Crippen LogP contribution in [0.1, 0.15) is 12.0 Å². The maximum atomic E-state index is 12.1. The molecule has 1 aromatic carbocycles. The maximum Gasteiger partial charge on any atom is 0.390 e. The Labute approximate surface area is 101 Å². The highest BCUT2D eigenvalue weighted by molar-refractivity contribution is 5.33. The Balaban J connectivity index is 2.46. The van der Waals surface area contributed by atoms with E-state index in [2.05, 4.69) is 10.1 Å². The lowest BCUT2D eigenvalue weighted by molar-refractivity contribution is -0.133. The van der Waals surface area contributed by atoms with Gasteiger partial charge in [-0.25, -0.2) is 0 Å². The van der Waals surface area contributed by atoms with E-state index in [-0.39, 0.29) is 18.8 Å². The summed E-state index contributed by atoms with van der Waals surface area (Å²) in [6.45, 7) is -3.19. The second-order valence-electron chi connectivity index (χ2n) is 3.53. The summed E-state index contributed by atoms with van der Waals surface area (Å²) in [5, 5.41) is 2.53. The summed E-state index contributed by atoms with van der Waals surface area (Å²) in [6, 6.07) is 5.96. The van der Waals surface area contributed by atoms with Gasteiger partial charge in [-0.1, -0.05) is 18.2 Å². The molecular weight excluding hydrogens is 257 g/mol. The molecule has 0 bridgehead atoms. The molecule has 0 unspecified atom stereocenters. The van der Waals surface area contributed by atoms with Crippen LogP contribution in [0.5, 0.6) is 5.75 Å². The highest BCUT2D eigenvalue weighted by Gasteiger charge is 2.25. The van der Waals surface area contributed by atoms with Crippen molar-refractivity contribution in [1.82, 2.24) is 5.32 Å². The van der Waals surface area contributed by atoms with Gasteiger partial charge in [0.1, 0.15) is 5.75 Å². The Hall–Kier alpha value is -1.37.